The first-order chi connectivity index (χ1) is 20.5. The Kier molecular flexibility index (Phi) is 8.32. The first-order valence-electron chi connectivity index (χ1n) is 13.5. The number of carbonyl (C=O) groups is 3. The number of ether oxygens (including phenoxy) is 4. The van der Waals surface area contributed by atoms with Crippen LogP contribution < -0.4 is 14.2 Å². The average Bonchev–Trinajstić information content (AvgIpc) is 3.45. The molecule has 0 radical (unpaired) electrons. The van der Waals surface area contributed by atoms with Crippen molar-refractivity contribution in [2.24, 2.45) is 0 Å². The Bertz CT molecular complexity index is 1750. The quantitative estimate of drug-likeness (QED) is 0.197. The van der Waals surface area contributed by atoms with Crippen molar-refractivity contribution in [1.82, 2.24) is 9.47 Å². The van der Waals surface area contributed by atoms with E-state index in [1.54, 1.807) is 64.3 Å². The average molecular weight is 648 g/mol. The van der Waals surface area contributed by atoms with Crippen LogP contribution in [0.5, 0.6) is 17.2 Å². The molecule has 0 fully saturated rings. The van der Waals surface area contributed by atoms with Crippen LogP contribution in [0.3, 0.4) is 0 Å². The maximum absolute atomic E-state index is 13.8. The van der Waals surface area contributed by atoms with Crippen LogP contribution in [0.15, 0.2) is 77.4 Å². The van der Waals surface area contributed by atoms with Crippen LogP contribution in [0.1, 0.15) is 37.5 Å². The van der Waals surface area contributed by atoms with Crippen molar-refractivity contribution in [3.05, 3.63) is 94.1 Å². The number of aromatic nitrogens is 1. The number of carbonyl (C=O) groups excluding carboxylic acids is 3. The molecular formula is C33H31BrN2O7. The molecule has 43 heavy (non-hydrogen) atoms. The molecule has 0 saturated heterocycles. The van der Waals surface area contributed by atoms with E-state index in [2.05, 4.69) is 15.9 Å². The summed E-state index contributed by atoms with van der Waals surface area (Å²) in [7, 11) is 3.05. The Morgan fingerprint density at radius 1 is 0.884 bits per heavy atom. The summed E-state index contributed by atoms with van der Waals surface area (Å²) in [5.41, 5.74) is 1.87. The number of hydrogen-bond acceptors (Lipinski definition) is 7. The van der Waals surface area contributed by atoms with Crippen molar-refractivity contribution < 1.29 is 33.3 Å². The summed E-state index contributed by atoms with van der Waals surface area (Å²) in [6.07, 6.45) is 0.899. The van der Waals surface area contributed by atoms with Gasteiger partial charge in [-0.15, -0.1) is 0 Å². The second kappa shape index (κ2) is 12.0. The maximum atomic E-state index is 13.8. The molecule has 1 aromatic heterocycles. The molecular weight excluding hydrogens is 616 g/mol. The third-order valence-electron chi connectivity index (χ3n) is 6.82. The molecule has 0 atom stereocenters. The minimum Gasteiger partial charge on any atom is -0.497 e. The zero-order chi connectivity index (χ0) is 30.9. The number of methoxy groups -OCH3 is 2. The van der Waals surface area contributed by atoms with Gasteiger partial charge in [0, 0.05) is 34.8 Å². The smallest absolute Gasteiger partial charge is 0.419 e. The Balaban J connectivity index is 1.53. The van der Waals surface area contributed by atoms with E-state index in [0.29, 0.717) is 45.9 Å². The van der Waals surface area contributed by atoms with Gasteiger partial charge in [-0.05, 0) is 66.5 Å². The summed E-state index contributed by atoms with van der Waals surface area (Å²) >= 11 is 3.37. The fourth-order valence-electron chi connectivity index (χ4n) is 4.78. The molecule has 2 heterocycles. The molecule has 0 bridgehead atoms. The monoisotopic (exact) mass is 646 g/mol. The minimum atomic E-state index is -0.761. The van der Waals surface area contributed by atoms with Crippen molar-refractivity contribution >= 4 is 50.3 Å². The number of benzene rings is 3. The summed E-state index contributed by atoms with van der Waals surface area (Å²) < 4.78 is 23.8. The molecule has 0 spiro atoms. The van der Waals surface area contributed by atoms with E-state index in [-0.39, 0.29) is 16.6 Å². The lowest BCUT2D eigenvalue weighted by Crippen LogP contribution is -2.30. The van der Waals surface area contributed by atoms with Gasteiger partial charge in [0.25, 0.3) is 11.8 Å². The number of halogens is 1. The van der Waals surface area contributed by atoms with Crippen LogP contribution in [0, 0.1) is 0 Å². The molecule has 222 valence electrons. The molecule has 0 unspecified atom stereocenters. The zero-order valence-electron chi connectivity index (χ0n) is 24.5. The van der Waals surface area contributed by atoms with Gasteiger partial charge in [-0.3, -0.25) is 19.1 Å². The van der Waals surface area contributed by atoms with E-state index in [1.165, 1.54) is 17.9 Å². The lowest BCUT2D eigenvalue weighted by Gasteiger charge is -2.19. The summed E-state index contributed by atoms with van der Waals surface area (Å²) in [5.74, 6) is 0.581. The van der Waals surface area contributed by atoms with Gasteiger partial charge in [0.05, 0.1) is 36.3 Å². The van der Waals surface area contributed by atoms with Crippen LogP contribution >= 0.6 is 15.9 Å². The fourth-order valence-corrected chi connectivity index (χ4v) is 5.37. The van der Waals surface area contributed by atoms with Crippen LogP contribution in [0.4, 0.5) is 4.79 Å². The molecule has 2 amide bonds. The fraction of sp³-hybridized carbons (Fsp3) is 0.242. The van der Waals surface area contributed by atoms with E-state index >= 15 is 0 Å². The standard InChI is InChI=1S/C33H31BrN2O7/c1-33(2,3)43-32(39)35-18-25(24-14-13-23(15-26(24)35)42-19-20-9-7-6-8-10-20)28-29(34)31(38)36(30(28)37)17-21-11-12-22(40-4)16-27(21)41-5/h6-16,18H,17,19H2,1-5H3. The van der Waals surface area contributed by atoms with Gasteiger partial charge >= 0.3 is 6.09 Å². The predicted molar refractivity (Wildman–Crippen MR) is 165 cm³/mol. The first-order valence-corrected chi connectivity index (χ1v) is 14.3. The second-order valence-electron chi connectivity index (χ2n) is 10.9. The van der Waals surface area contributed by atoms with Crippen molar-refractivity contribution in [3.8, 4) is 17.2 Å². The number of imide groups is 1. The predicted octanol–water partition coefficient (Wildman–Crippen LogP) is 6.70. The highest BCUT2D eigenvalue weighted by molar-refractivity contribution is 9.12. The summed E-state index contributed by atoms with van der Waals surface area (Å²) in [6, 6.07) is 20.1. The topological polar surface area (TPSA) is 96.3 Å². The van der Waals surface area contributed by atoms with Crippen molar-refractivity contribution in [2.75, 3.05) is 14.2 Å². The molecule has 1 aliphatic heterocycles. The Labute approximate surface area is 257 Å². The Hall–Kier alpha value is -4.57. The van der Waals surface area contributed by atoms with E-state index in [0.717, 1.165) is 10.5 Å². The van der Waals surface area contributed by atoms with Crippen molar-refractivity contribution in [1.29, 1.82) is 0 Å². The van der Waals surface area contributed by atoms with E-state index in [9.17, 15) is 14.4 Å². The van der Waals surface area contributed by atoms with Gasteiger partial charge in [0.1, 0.15) is 29.5 Å². The van der Waals surface area contributed by atoms with Gasteiger partial charge in [-0.1, -0.05) is 30.3 Å². The Morgan fingerprint density at radius 2 is 1.60 bits per heavy atom. The van der Waals surface area contributed by atoms with Gasteiger partial charge in [-0.2, -0.15) is 0 Å². The maximum Gasteiger partial charge on any atom is 0.419 e. The van der Waals surface area contributed by atoms with Crippen LogP contribution in [-0.2, 0) is 27.5 Å². The highest BCUT2D eigenvalue weighted by atomic mass is 79.9. The van der Waals surface area contributed by atoms with E-state index in [1.807, 2.05) is 30.3 Å². The number of rotatable bonds is 8. The van der Waals surface area contributed by atoms with Crippen molar-refractivity contribution in [3.63, 3.8) is 0 Å². The van der Waals surface area contributed by atoms with Crippen LogP contribution in [0.2, 0.25) is 0 Å². The molecule has 0 aliphatic carbocycles. The minimum absolute atomic E-state index is 0.0222. The van der Waals surface area contributed by atoms with E-state index < -0.39 is 23.5 Å². The van der Waals surface area contributed by atoms with E-state index in [4.69, 9.17) is 18.9 Å². The second-order valence-corrected chi connectivity index (χ2v) is 11.7. The van der Waals surface area contributed by atoms with Crippen LogP contribution in [0.25, 0.3) is 16.5 Å². The number of hydrogen-bond donors (Lipinski definition) is 0. The number of amides is 2. The Morgan fingerprint density at radius 3 is 2.28 bits per heavy atom. The highest BCUT2D eigenvalue weighted by Crippen LogP contribution is 2.40. The third kappa shape index (κ3) is 6.15. The largest absolute Gasteiger partial charge is 0.497 e. The molecule has 1 aliphatic rings. The number of nitrogens with zero attached hydrogens (tertiary/aromatic N) is 2. The molecule has 0 saturated carbocycles. The first kappa shape index (κ1) is 29.9. The summed E-state index contributed by atoms with van der Waals surface area (Å²) in [5, 5.41) is 0.579. The lowest BCUT2D eigenvalue weighted by molar-refractivity contribution is -0.137. The lowest BCUT2D eigenvalue weighted by atomic mass is 10.0. The zero-order valence-corrected chi connectivity index (χ0v) is 26.1. The van der Waals surface area contributed by atoms with Gasteiger partial charge in [0.15, 0.2) is 0 Å². The SMILES string of the molecule is COc1ccc(CN2C(=O)C(Br)=C(c3cn(C(=O)OC(C)(C)C)c4cc(OCc5ccccc5)ccc34)C2=O)c(OC)c1. The van der Waals surface area contributed by atoms with Gasteiger partial charge < -0.3 is 18.9 Å². The summed E-state index contributed by atoms with van der Waals surface area (Å²) in [4.78, 5) is 41.7. The van der Waals surface area contributed by atoms with Gasteiger partial charge in [-0.25, -0.2) is 4.79 Å². The highest BCUT2D eigenvalue weighted by Gasteiger charge is 2.40. The normalized spacial score (nSPS) is 13.6. The molecule has 3 aromatic carbocycles. The molecule has 0 N–H and O–H groups in total. The molecule has 10 heteroatoms. The third-order valence-corrected chi connectivity index (χ3v) is 7.55. The summed E-state index contributed by atoms with van der Waals surface area (Å²) in [6.45, 7) is 5.63. The van der Waals surface area contributed by atoms with Crippen molar-refractivity contribution in [2.45, 2.75) is 39.5 Å². The molecule has 4 aromatic rings. The number of fused-ring (bicyclic) bond motifs is 1. The molecule has 5 rings (SSSR count). The van der Waals surface area contributed by atoms with Crippen LogP contribution in [-0.4, -0.2) is 47.2 Å². The molecule has 9 nitrogen and oxygen atoms in total. The van der Waals surface area contributed by atoms with Gasteiger partial charge in [0.2, 0.25) is 0 Å².